The van der Waals surface area contributed by atoms with Gasteiger partial charge in [-0.25, -0.2) is 13.8 Å². The van der Waals surface area contributed by atoms with Crippen molar-refractivity contribution in [3.8, 4) is 11.3 Å². The summed E-state index contributed by atoms with van der Waals surface area (Å²) in [5, 5.41) is 12.4. The molecule has 1 unspecified atom stereocenters. The van der Waals surface area contributed by atoms with Gasteiger partial charge in [-0.05, 0) is 29.8 Å². The molecule has 0 fully saturated rings. The first-order chi connectivity index (χ1) is 10.1. The third kappa shape index (κ3) is 2.81. The molecular weight excluding hydrogens is 294 g/mol. The van der Waals surface area contributed by atoms with Crippen molar-refractivity contribution in [2.45, 2.75) is 6.10 Å². The Balaban J connectivity index is 1.90. The Morgan fingerprint density at radius 1 is 1.05 bits per heavy atom. The normalized spacial score (nSPS) is 12.3. The summed E-state index contributed by atoms with van der Waals surface area (Å²) < 4.78 is 26.1. The number of aromatic nitrogens is 2. The molecule has 21 heavy (non-hydrogen) atoms. The highest BCUT2D eigenvalue weighted by Crippen LogP contribution is 2.29. The topological polar surface area (TPSA) is 46.0 Å². The SMILES string of the molecule is OC(c1ccc(F)c(F)c1)c1nc(-c2ccncc2)cs1. The Labute approximate surface area is 123 Å². The number of hydrogen-bond donors (Lipinski definition) is 1. The summed E-state index contributed by atoms with van der Waals surface area (Å²) in [6.45, 7) is 0. The fraction of sp³-hybridized carbons (Fsp3) is 0.0667. The van der Waals surface area contributed by atoms with E-state index in [0.29, 0.717) is 10.7 Å². The van der Waals surface area contributed by atoms with Crippen molar-refractivity contribution in [1.82, 2.24) is 9.97 Å². The lowest BCUT2D eigenvalue weighted by atomic mass is 10.1. The van der Waals surface area contributed by atoms with Gasteiger partial charge in [-0.2, -0.15) is 0 Å². The molecule has 2 heterocycles. The molecule has 0 radical (unpaired) electrons. The van der Waals surface area contributed by atoms with Gasteiger partial charge in [-0.15, -0.1) is 11.3 Å². The molecule has 2 aromatic heterocycles. The van der Waals surface area contributed by atoms with E-state index in [1.807, 2.05) is 12.1 Å². The van der Waals surface area contributed by atoms with Crippen LogP contribution in [0.3, 0.4) is 0 Å². The highest BCUT2D eigenvalue weighted by atomic mass is 32.1. The summed E-state index contributed by atoms with van der Waals surface area (Å²) in [5.41, 5.74) is 1.86. The summed E-state index contributed by atoms with van der Waals surface area (Å²) in [7, 11) is 0. The zero-order valence-electron chi connectivity index (χ0n) is 10.7. The van der Waals surface area contributed by atoms with Crippen LogP contribution in [0, 0.1) is 11.6 Å². The van der Waals surface area contributed by atoms with Crippen molar-refractivity contribution in [1.29, 1.82) is 0 Å². The van der Waals surface area contributed by atoms with Gasteiger partial charge in [0.1, 0.15) is 11.1 Å². The van der Waals surface area contributed by atoms with Crippen LogP contribution in [0.2, 0.25) is 0 Å². The summed E-state index contributed by atoms with van der Waals surface area (Å²) in [6.07, 6.45) is 2.22. The largest absolute Gasteiger partial charge is 0.381 e. The van der Waals surface area contributed by atoms with Crippen LogP contribution in [0.4, 0.5) is 8.78 Å². The Bertz CT molecular complexity index is 761. The van der Waals surface area contributed by atoms with E-state index in [4.69, 9.17) is 0 Å². The van der Waals surface area contributed by atoms with E-state index in [2.05, 4.69) is 9.97 Å². The highest BCUT2D eigenvalue weighted by molar-refractivity contribution is 7.10. The van der Waals surface area contributed by atoms with Gasteiger partial charge in [-0.3, -0.25) is 4.98 Å². The molecule has 0 aliphatic carbocycles. The quantitative estimate of drug-likeness (QED) is 0.804. The van der Waals surface area contributed by atoms with Crippen LogP contribution in [0.15, 0.2) is 48.1 Å². The Morgan fingerprint density at radius 2 is 1.81 bits per heavy atom. The number of nitrogens with zero attached hydrogens (tertiary/aromatic N) is 2. The molecule has 0 spiro atoms. The number of halogens is 2. The van der Waals surface area contributed by atoms with Gasteiger partial charge in [0, 0.05) is 23.3 Å². The number of benzene rings is 1. The van der Waals surface area contributed by atoms with Gasteiger partial charge < -0.3 is 5.11 Å². The van der Waals surface area contributed by atoms with E-state index in [9.17, 15) is 13.9 Å². The summed E-state index contributed by atoms with van der Waals surface area (Å²) in [4.78, 5) is 8.26. The average molecular weight is 304 g/mol. The molecular formula is C15H10F2N2OS. The molecule has 1 atom stereocenters. The van der Waals surface area contributed by atoms with Gasteiger partial charge in [0.25, 0.3) is 0 Å². The molecule has 3 aromatic rings. The second-order valence-electron chi connectivity index (χ2n) is 4.38. The second kappa shape index (κ2) is 5.67. The summed E-state index contributed by atoms with van der Waals surface area (Å²) in [5.74, 6) is -1.93. The minimum atomic E-state index is -1.08. The molecule has 0 bridgehead atoms. The first-order valence-corrected chi connectivity index (χ1v) is 7.02. The monoisotopic (exact) mass is 304 g/mol. The van der Waals surface area contributed by atoms with E-state index in [-0.39, 0.29) is 5.56 Å². The number of aliphatic hydroxyl groups is 1. The molecule has 0 saturated heterocycles. The van der Waals surface area contributed by atoms with E-state index in [1.165, 1.54) is 17.4 Å². The van der Waals surface area contributed by atoms with Crippen molar-refractivity contribution >= 4 is 11.3 Å². The smallest absolute Gasteiger partial charge is 0.159 e. The fourth-order valence-electron chi connectivity index (χ4n) is 1.89. The minimum Gasteiger partial charge on any atom is -0.381 e. The van der Waals surface area contributed by atoms with E-state index < -0.39 is 17.7 Å². The van der Waals surface area contributed by atoms with Gasteiger partial charge in [0.15, 0.2) is 11.6 Å². The predicted octanol–water partition coefficient (Wildman–Crippen LogP) is 3.57. The van der Waals surface area contributed by atoms with Crippen molar-refractivity contribution in [3.05, 3.63) is 70.3 Å². The van der Waals surface area contributed by atoms with Crippen LogP contribution in [0.5, 0.6) is 0 Å². The van der Waals surface area contributed by atoms with Crippen LogP contribution in [0.25, 0.3) is 11.3 Å². The predicted molar refractivity (Wildman–Crippen MR) is 75.8 cm³/mol. The molecule has 3 nitrogen and oxygen atoms in total. The second-order valence-corrected chi connectivity index (χ2v) is 5.27. The Hall–Kier alpha value is -2.18. The lowest BCUT2D eigenvalue weighted by Gasteiger charge is -2.08. The van der Waals surface area contributed by atoms with E-state index in [1.54, 1.807) is 17.8 Å². The van der Waals surface area contributed by atoms with Crippen LogP contribution in [0.1, 0.15) is 16.7 Å². The number of pyridine rings is 1. The lowest BCUT2D eigenvalue weighted by Crippen LogP contribution is -2.00. The summed E-state index contributed by atoms with van der Waals surface area (Å²) >= 11 is 1.26. The average Bonchev–Trinajstić information content (AvgIpc) is 3.00. The maximum atomic E-state index is 13.2. The third-order valence-corrected chi connectivity index (χ3v) is 3.89. The maximum Gasteiger partial charge on any atom is 0.159 e. The zero-order valence-corrected chi connectivity index (χ0v) is 11.5. The van der Waals surface area contributed by atoms with Gasteiger partial charge in [0.2, 0.25) is 0 Å². The van der Waals surface area contributed by atoms with Crippen molar-refractivity contribution in [2.75, 3.05) is 0 Å². The number of thiazole rings is 1. The number of aliphatic hydroxyl groups excluding tert-OH is 1. The molecule has 0 amide bonds. The number of rotatable bonds is 3. The van der Waals surface area contributed by atoms with E-state index in [0.717, 1.165) is 17.7 Å². The fourth-order valence-corrected chi connectivity index (χ4v) is 2.73. The zero-order chi connectivity index (χ0) is 14.8. The van der Waals surface area contributed by atoms with Gasteiger partial charge >= 0.3 is 0 Å². The Kier molecular flexibility index (Phi) is 3.72. The molecule has 0 aliphatic heterocycles. The molecule has 6 heteroatoms. The maximum absolute atomic E-state index is 13.2. The first kappa shape index (κ1) is 13.8. The van der Waals surface area contributed by atoms with Crippen LogP contribution in [-0.4, -0.2) is 15.1 Å². The molecule has 106 valence electrons. The van der Waals surface area contributed by atoms with Crippen molar-refractivity contribution < 1.29 is 13.9 Å². The third-order valence-electron chi connectivity index (χ3n) is 2.99. The van der Waals surface area contributed by atoms with Crippen LogP contribution >= 0.6 is 11.3 Å². The van der Waals surface area contributed by atoms with Gasteiger partial charge in [0.05, 0.1) is 5.69 Å². The lowest BCUT2D eigenvalue weighted by molar-refractivity contribution is 0.219. The number of hydrogen-bond acceptors (Lipinski definition) is 4. The standard InChI is InChI=1S/C15H10F2N2OS/c16-11-2-1-10(7-12(11)17)14(20)15-19-13(8-21-15)9-3-5-18-6-4-9/h1-8,14,20H. The first-order valence-electron chi connectivity index (χ1n) is 6.14. The van der Waals surface area contributed by atoms with Gasteiger partial charge in [-0.1, -0.05) is 6.07 Å². The molecule has 3 rings (SSSR count). The van der Waals surface area contributed by atoms with E-state index >= 15 is 0 Å². The summed E-state index contributed by atoms with van der Waals surface area (Å²) in [6, 6.07) is 6.93. The molecule has 0 saturated carbocycles. The molecule has 0 aliphatic rings. The molecule has 1 N–H and O–H groups in total. The minimum absolute atomic E-state index is 0.268. The van der Waals surface area contributed by atoms with Crippen LogP contribution < -0.4 is 0 Å². The van der Waals surface area contributed by atoms with Crippen molar-refractivity contribution in [2.24, 2.45) is 0 Å². The molecule has 1 aromatic carbocycles. The van der Waals surface area contributed by atoms with Crippen molar-refractivity contribution in [3.63, 3.8) is 0 Å². The highest BCUT2D eigenvalue weighted by Gasteiger charge is 2.17. The van der Waals surface area contributed by atoms with Crippen LogP contribution in [-0.2, 0) is 0 Å². The Morgan fingerprint density at radius 3 is 2.52 bits per heavy atom.